The minimum atomic E-state index is -0.339. The van der Waals surface area contributed by atoms with Crippen LogP contribution >= 0.6 is 11.6 Å². The van der Waals surface area contributed by atoms with Crippen LogP contribution in [0.25, 0.3) is 6.08 Å². The van der Waals surface area contributed by atoms with E-state index in [0.29, 0.717) is 18.1 Å². The van der Waals surface area contributed by atoms with Gasteiger partial charge in [0, 0.05) is 31.2 Å². The standard InChI is InChI=1S/C13H16ClN3O2/c1-10(18)15-8-9-17-13(19)16-7-6-11-4-2-3-5-12(11)14/h2-7H,8-9H2,1H3,(H,15,18)(H2,16,17,19)/b7-6+. The molecule has 0 aliphatic rings. The predicted octanol–water partition coefficient (Wildman–Crippen LogP) is 1.75. The lowest BCUT2D eigenvalue weighted by atomic mass is 10.2. The highest BCUT2D eigenvalue weighted by Crippen LogP contribution is 2.15. The highest BCUT2D eigenvalue weighted by molar-refractivity contribution is 6.32. The molecule has 0 aliphatic carbocycles. The van der Waals surface area contributed by atoms with E-state index < -0.39 is 0 Å². The maximum atomic E-state index is 11.3. The molecule has 0 aliphatic heterocycles. The van der Waals surface area contributed by atoms with Crippen molar-refractivity contribution in [3.63, 3.8) is 0 Å². The van der Waals surface area contributed by atoms with Gasteiger partial charge in [-0.2, -0.15) is 0 Å². The molecule has 6 heteroatoms. The van der Waals surface area contributed by atoms with E-state index in [2.05, 4.69) is 16.0 Å². The Balaban J connectivity index is 2.27. The van der Waals surface area contributed by atoms with Crippen LogP contribution in [-0.2, 0) is 4.79 Å². The minimum Gasteiger partial charge on any atom is -0.355 e. The molecule has 0 atom stereocenters. The molecule has 1 rings (SSSR count). The topological polar surface area (TPSA) is 70.2 Å². The molecule has 102 valence electrons. The second-order valence-electron chi connectivity index (χ2n) is 3.74. The summed E-state index contributed by atoms with van der Waals surface area (Å²) in [7, 11) is 0. The minimum absolute atomic E-state index is 0.124. The highest BCUT2D eigenvalue weighted by Gasteiger charge is 1.97. The largest absolute Gasteiger partial charge is 0.355 e. The summed E-state index contributed by atoms with van der Waals surface area (Å²) in [6.45, 7) is 2.19. The third kappa shape index (κ3) is 6.47. The lowest BCUT2D eigenvalue weighted by Gasteiger charge is -2.04. The number of rotatable bonds is 5. The van der Waals surface area contributed by atoms with E-state index in [1.54, 1.807) is 12.1 Å². The summed E-state index contributed by atoms with van der Waals surface area (Å²) in [6, 6.07) is 6.97. The normalized spacial score (nSPS) is 10.2. The van der Waals surface area contributed by atoms with E-state index in [1.807, 2.05) is 18.2 Å². The van der Waals surface area contributed by atoms with Crippen molar-refractivity contribution in [3.8, 4) is 0 Å². The third-order valence-electron chi connectivity index (χ3n) is 2.17. The van der Waals surface area contributed by atoms with Crippen LogP contribution in [-0.4, -0.2) is 25.0 Å². The van der Waals surface area contributed by atoms with Gasteiger partial charge in [-0.3, -0.25) is 4.79 Å². The van der Waals surface area contributed by atoms with Crippen molar-refractivity contribution in [2.24, 2.45) is 0 Å². The van der Waals surface area contributed by atoms with Crippen LogP contribution in [0, 0.1) is 0 Å². The third-order valence-corrected chi connectivity index (χ3v) is 2.51. The fraction of sp³-hybridized carbons (Fsp3) is 0.231. The molecular formula is C13H16ClN3O2. The number of hydrogen-bond acceptors (Lipinski definition) is 2. The van der Waals surface area contributed by atoms with Crippen molar-refractivity contribution < 1.29 is 9.59 Å². The molecular weight excluding hydrogens is 266 g/mol. The summed E-state index contributed by atoms with van der Waals surface area (Å²) >= 11 is 5.95. The van der Waals surface area contributed by atoms with Gasteiger partial charge in [-0.25, -0.2) is 4.79 Å². The Hall–Kier alpha value is -2.01. The number of hydrogen-bond donors (Lipinski definition) is 3. The Morgan fingerprint density at radius 3 is 2.58 bits per heavy atom. The maximum Gasteiger partial charge on any atom is 0.318 e. The second-order valence-corrected chi connectivity index (χ2v) is 4.15. The molecule has 0 aromatic heterocycles. The molecule has 0 fully saturated rings. The van der Waals surface area contributed by atoms with E-state index in [-0.39, 0.29) is 11.9 Å². The van der Waals surface area contributed by atoms with Gasteiger partial charge in [0.2, 0.25) is 5.91 Å². The first-order valence-corrected chi connectivity index (χ1v) is 6.17. The zero-order valence-electron chi connectivity index (χ0n) is 10.6. The molecule has 0 bridgehead atoms. The van der Waals surface area contributed by atoms with Crippen LogP contribution < -0.4 is 16.0 Å². The molecule has 1 aromatic rings. The molecule has 0 spiro atoms. The summed E-state index contributed by atoms with van der Waals surface area (Å²) < 4.78 is 0. The fourth-order valence-electron chi connectivity index (χ4n) is 1.28. The van der Waals surface area contributed by atoms with Gasteiger partial charge in [0.1, 0.15) is 0 Å². The lowest BCUT2D eigenvalue weighted by molar-refractivity contribution is -0.118. The van der Waals surface area contributed by atoms with E-state index in [1.165, 1.54) is 13.1 Å². The van der Waals surface area contributed by atoms with E-state index in [4.69, 9.17) is 11.6 Å². The van der Waals surface area contributed by atoms with Crippen LogP contribution in [0.5, 0.6) is 0 Å². The summed E-state index contributed by atoms with van der Waals surface area (Å²) in [4.78, 5) is 21.9. The average Bonchev–Trinajstić information content (AvgIpc) is 2.37. The van der Waals surface area contributed by atoms with E-state index >= 15 is 0 Å². The summed E-state index contributed by atoms with van der Waals surface area (Å²) in [5, 5.41) is 8.33. The number of nitrogens with one attached hydrogen (secondary N) is 3. The molecule has 1 aromatic carbocycles. The summed E-state index contributed by atoms with van der Waals surface area (Å²) in [5.74, 6) is -0.124. The fourth-order valence-corrected chi connectivity index (χ4v) is 1.48. The van der Waals surface area contributed by atoms with Crippen molar-refractivity contribution in [3.05, 3.63) is 41.1 Å². The lowest BCUT2D eigenvalue weighted by Crippen LogP contribution is -2.37. The van der Waals surface area contributed by atoms with Crippen LogP contribution in [0.15, 0.2) is 30.5 Å². The van der Waals surface area contributed by atoms with Gasteiger partial charge in [-0.15, -0.1) is 0 Å². The van der Waals surface area contributed by atoms with Gasteiger partial charge in [0.15, 0.2) is 0 Å². The van der Waals surface area contributed by atoms with E-state index in [0.717, 1.165) is 5.56 Å². The van der Waals surface area contributed by atoms with Crippen molar-refractivity contribution in [1.29, 1.82) is 0 Å². The van der Waals surface area contributed by atoms with Gasteiger partial charge in [-0.05, 0) is 17.7 Å². The molecule has 0 saturated carbocycles. The zero-order valence-corrected chi connectivity index (χ0v) is 11.3. The van der Waals surface area contributed by atoms with Crippen molar-refractivity contribution in [1.82, 2.24) is 16.0 Å². The first kappa shape index (κ1) is 15.0. The number of benzene rings is 1. The van der Waals surface area contributed by atoms with Gasteiger partial charge < -0.3 is 16.0 Å². The number of urea groups is 1. The van der Waals surface area contributed by atoms with Crippen molar-refractivity contribution in [2.75, 3.05) is 13.1 Å². The van der Waals surface area contributed by atoms with Crippen LogP contribution in [0.4, 0.5) is 4.79 Å². The predicted molar refractivity (Wildman–Crippen MR) is 75.7 cm³/mol. The second kappa shape index (κ2) is 8.16. The molecule has 0 saturated heterocycles. The SMILES string of the molecule is CC(=O)NCCNC(=O)N/C=C/c1ccccc1Cl. The Morgan fingerprint density at radius 1 is 1.21 bits per heavy atom. The quantitative estimate of drug-likeness (QED) is 0.720. The molecule has 0 heterocycles. The average molecular weight is 282 g/mol. The molecule has 0 radical (unpaired) electrons. The van der Waals surface area contributed by atoms with Crippen molar-refractivity contribution in [2.45, 2.75) is 6.92 Å². The Bertz CT molecular complexity index is 475. The van der Waals surface area contributed by atoms with Gasteiger partial charge in [0.25, 0.3) is 0 Å². The van der Waals surface area contributed by atoms with Gasteiger partial charge >= 0.3 is 6.03 Å². The number of carbonyl (C=O) groups is 2. The highest BCUT2D eigenvalue weighted by atomic mass is 35.5. The molecule has 3 amide bonds. The maximum absolute atomic E-state index is 11.3. The first-order valence-electron chi connectivity index (χ1n) is 5.79. The van der Waals surface area contributed by atoms with Crippen LogP contribution in [0.1, 0.15) is 12.5 Å². The number of carbonyl (C=O) groups excluding carboxylic acids is 2. The van der Waals surface area contributed by atoms with Crippen LogP contribution in [0.2, 0.25) is 5.02 Å². The smallest absolute Gasteiger partial charge is 0.318 e. The Kier molecular flexibility index (Phi) is 6.46. The Morgan fingerprint density at radius 2 is 1.89 bits per heavy atom. The zero-order chi connectivity index (χ0) is 14.1. The molecule has 0 unspecified atom stereocenters. The monoisotopic (exact) mass is 281 g/mol. The summed E-state index contributed by atoms with van der Waals surface area (Å²) in [5.41, 5.74) is 0.822. The van der Waals surface area contributed by atoms with Crippen molar-refractivity contribution >= 4 is 29.6 Å². The van der Waals surface area contributed by atoms with Gasteiger partial charge in [-0.1, -0.05) is 29.8 Å². The van der Waals surface area contributed by atoms with Crippen LogP contribution in [0.3, 0.4) is 0 Å². The number of halogens is 1. The first-order chi connectivity index (χ1) is 9.09. The molecule has 3 N–H and O–H groups in total. The van der Waals surface area contributed by atoms with Gasteiger partial charge in [0.05, 0.1) is 0 Å². The molecule has 19 heavy (non-hydrogen) atoms. The number of amides is 3. The summed E-state index contributed by atoms with van der Waals surface area (Å²) in [6.07, 6.45) is 3.21. The molecule has 5 nitrogen and oxygen atoms in total. The van der Waals surface area contributed by atoms with E-state index in [9.17, 15) is 9.59 Å². The Labute approximate surface area is 117 Å².